The molecule has 1 heterocycles. The molecule has 1 saturated heterocycles. The monoisotopic (exact) mass is 231 g/mol. The molecule has 9 heavy (non-hydrogen) atoms. The van der Waals surface area contributed by atoms with Crippen molar-refractivity contribution >= 4 is 11.8 Å². The van der Waals surface area contributed by atoms with E-state index in [0.717, 1.165) is 10.5 Å². The summed E-state index contributed by atoms with van der Waals surface area (Å²) < 4.78 is 0. The van der Waals surface area contributed by atoms with Crippen LogP contribution in [-0.2, 0) is 22.4 Å². The Morgan fingerprint density at radius 2 is 2.22 bits per heavy atom. The second kappa shape index (κ2) is 2.67. The van der Waals surface area contributed by atoms with Gasteiger partial charge in [0.1, 0.15) is 0 Å². The zero-order chi connectivity index (χ0) is 5.56. The molecular formula is C7H8AgS. The molecular weight excluding hydrogens is 224 g/mol. The Balaban J connectivity index is 0.000000405. The molecule has 1 fully saturated rings. The summed E-state index contributed by atoms with van der Waals surface area (Å²) in [7, 11) is 0. The van der Waals surface area contributed by atoms with Gasteiger partial charge in [0.15, 0.2) is 0 Å². The molecule has 0 spiro atoms. The first-order valence-corrected chi connectivity index (χ1v) is 3.82. The molecule has 0 amide bonds. The molecule has 2 unspecified atom stereocenters. The van der Waals surface area contributed by atoms with Gasteiger partial charge in [0.2, 0.25) is 0 Å². The molecule has 1 aliphatic carbocycles. The van der Waals surface area contributed by atoms with Crippen molar-refractivity contribution in [2.24, 2.45) is 0 Å². The summed E-state index contributed by atoms with van der Waals surface area (Å²) in [6.45, 7) is 2.16. The predicted octanol–water partition coefficient (Wildman–Crippen LogP) is 1.98. The Hall–Kier alpha value is 0.570. The van der Waals surface area contributed by atoms with E-state index >= 15 is 0 Å². The molecule has 0 aromatic carbocycles. The van der Waals surface area contributed by atoms with Gasteiger partial charge in [0, 0.05) is 32.9 Å². The maximum atomic E-state index is 2.34. The fourth-order valence-electron chi connectivity index (χ4n) is 0.986. The molecule has 1 aliphatic heterocycles. The molecule has 0 aromatic heterocycles. The minimum atomic E-state index is 0. The van der Waals surface area contributed by atoms with Crippen LogP contribution in [0.5, 0.6) is 0 Å². The average Bonchev–Trinajstić information content (AvgIpc) is 2.43. The van der Waals surface area contributed by atoms with Crippen molar-refractivity contribution in [2.45, 2.75) is 17.4 Å². The van der Waals surface area contributed by atoms with E-state index in [1.165, 1.54) is 5.57 Å². The van der Waals surface area contributed by atoms with E-state index in [2.05, 4.69) is 25.2 Å². The standard InChI is InChI=1S/C7H8S.Ag/c1-5-2-3-6-7(4-5)8-6;/h2-4,6-7H,1H3;. The molecule has 0 aromatic rings. The first-order valence-electron chi connectivity index (χ1n) is 2.88. The van der Waals surface area contributed by atoms with E-state index in [1.54, 1.807) is 0 Å². The van der Waals surface area contributed by atoms with Gasteiger partial charge in [-0.1, -0.05) is 23.8 Å². The molecule has 0 saturated carbocycles. The van der Waals surface area contributed by atoms with Crippen LogP contribution in [0.2, 0.25) is 0 Å². The summed E-state index contributed by atoms with van der Waals surface area (Å²) in [5.41, 5.74) is 1.43. The zero-order valence-corrected chi connectivity index (χ0v) is 7.40. The van der Waals surface area contributed by atoms with Gasteiger partial charge in [-0.25, -0.2) is 0 Å². The zero-order valence-electron chi connectivity index (χ0n) is 5.10. The van der Waals surface area contributed by atoms with Crippen molar-refractivity contribution in [1.82, 2.24) is 0 Å². The van der Waals surface area contributed by atoms with E-state index in [1.807, 2.05) is 11.8 Å². The van der Waals surface area contributed by atoms with Crippen LogP contribution in [0.4, 0.5) is 0 Å². The van der Waals surface area contributed by atoms with Crippen LogP contribution in [-0.4, -0.2) is 10.5 Å². The quantitative estimate of drug-likeness (QED) is 0.454. The number of fused-ring (bicyclic) bond motifs is 1. The number of rotatable bonds is 0. The van der Waals surface area contributed by atoms with Crippen LogP contribution >= 0.6 is 11.8 Å². The summed E-state index contributed by atoms with van der Waals surface area (Å²) in [5, 5.41) is 1.69. The molecule has 53 valence electrons. The van der Waals surface area contributed by atoms with Gasteiger partial charge >= 0.3 is 0 Å². The van der Waals surface area contributed by atoms with Crippen LogP contribution in [0.15, 0.2) is 23.8 Å². The Kier molecular flexibility index (Phi) is 2.27. The van der Waals surface area contributed by atoms with E-state index < -0.39 is 0 Å². The Bertz CT molecular complexity index is 172. The van der Waals surface area contributed by atoms with E-state index in [-0.39, 0.29) is 22.4 Å². The van der Waals surface area contributed by atoms with Gasteiger partial charge in [-0.2, -0.15) is 0 Å². The SMILES string of the molecule is CC1=CC2SC2C=C1.[Ag]. The van der Waals surface area contributed by atoms with Gasteiger partial charge in [-0.3, -0.25) is 0 Å². The van der Waals surface area contributed by atoms with Crippen LogP contribution in [0, 0.1) is 0 Å². The second-order valence-electron chi connectivity index (χ2n) is 2.34. The number of hydrogen-bond acceptors (Lipinski definition) is 1. The average molecular weight is 232 g/mol. The van der Waals surface area contributed by atoms with Crippen molar-refractivity contribution in [3.8, 4) is 0 Å². The Morgan fingerprint density at radius 1 is 1.44 bits per heavy atom. The van der Waals surface area contributed by atoms with Gasteiger partial charge in [-0.15, -0.1) is 11.8 Å². The van der Waals surface area contributed by atoms with Crippen LogP contribution in [0.25, 0.3) is 0 Å². The fourth-order valence-corrected chi connectivity index (χ4v) is 1.89. The van der Waals surface area contributed by atoms with Crippen molar-refractivity contribution in [1.29, 1.82) is 0 Å². The van der Waals surface area contributed by atoms with E-state index in [4.69, 9.17) is 0 Å². The van der Waals surface area contributed by atoms with E-state index in [9.17, 15) is 0 Å². The molecule has 0 N–H and O–H groups in total. The van der Waals surface area contributed by atoms with Crippen molar-refractivity contribution in [3.05, 3.63) is 23.8 Å². The number of thioether (sulfide) groups is 1. The van der Waals surface area contributed by atoms with Crippen molar-refractivity contribution in [2.75, 3.05) is 0 Å². The summed E-state index contributed by atoms with van der Waals surface area (Å²) in [6.07, 6.45) is 6.85. The van der Waals surface area contributed by atoms with Crippen LogP contribution in [0.3, 0.4) is 0 Å². The second-order valence-corrected chi connectivity index (χ2v) is 3.70. The summed E-state index contributed by atoms with van der Waals surface area (Å²) >= 11 is 2.04. The molecule has 2 aliphatic rings. The number of allylic oxidation sites excluding steroid dienone is 2. The fraction of sp³-hybridized carbons (Fsp3) is 0.429. The molecule has 0 bridgehead atoms. The largest absolute Gasteiger partial charge is 0.144 e. The van der Waals surface area contributed by atoms with Crippen molar-refractivity contribution < 1.29 is 22.4 Å². The van der Waals surface area contributed by atoms with Gasteiger partial charge in [0.05, 0.1) is 0 Å². The third kappa shape index (κ3) is 1.53. The molecule has 1 radical (unpaired) electrons. The van der Waals surface area contributed by atoms with Crippen LogP contribution < -0.4 is 0 Å². The van der Waals surface area contributed by atoms with E-state index in [0.29, 0.717) is 0 Å². The molecule has 2 atom stereocenters. The molecule has 0 nitrogen and oxygen atoms in total. The maximum absolute atomic E-state index is 2.34. The Morgan fingerprint density at radius 3 is 2.78 bits per heavy atom. The number of hydrogen-bond donors (Lipinski definition) is 0. The summed E-state index contributed by atoms with van der Waals surface area (Å²) in [6, 6.07) is 0. The van der Waals surface area contributed by atoms with Crippen molar-refractivity contribution in [3.63, 3.8) is 0 Å². The third-order valence-electron chi connectivity index (χ3n) is 1.54. The minimum absolute atomic E-state index is 0. The minimum Gasteiger partial charge on any atom is -0.144 e. The summed E-state index contributed by atoms with van der Waals surface area (Å²) in [4.78, 5) is 0. The van der Waals surface area contributed by atoms with Crippen LogP contribution in [0.1, 0.15) is 6.92 Å². The first kappa shape index (κ1) is 7.67. The molecule has 2 rings (SSSR count). The molecule has 2 heteroatoms. The van der Waals surface area contributed by atoms with Gasteiger partial charge < -0.3 is 0 Å². The smallest absolute Gasteiger partial charge is 0.0393 e. The topological polar surface area (TPSA) is 0 Å². The van der Waals surface area contributed by atoms with Gasteiger partial charge in [-0.05, 0) is 6.92 Å². The first-order chi connectivity index (χ1) is 3.86. The Labute approximate surface area is 75.3 Å². The maximum Gasteiger partial charge on any atom is 0.0393 e. The normalized spacial score (nSPS) is 36.3. The van der Waals surface area contributed by atoms with Gasteiger partial charge in [0.25, 0.3) is 0 Å². The predicted molar refractivity (Wildman–Crippen MR) is 38.1 cm³/mol. The summed E-state index contributed by atoms with van der Waals surface area (Å²) in [5.74, 6) is 0. The third-order valence-corrected chi connectivity index (χ3v) is 2.73.